The highest BCUT2D eigenvalue weighted by Crippen LogP contribution is 2.36. The zero-order valence-corrected chi connectivity index (χ0v) is 16.9. The summed E-state index contributed by atoms with van der Waals surface area (Å²) in [7, 11) is 0. The van der Waals surface area contributed by atoms with Gasteiger partial charge in [0.2, 0.25) is 5.91 Å². The van der Waals surface area contributed by atoms with Crippen molar-refractivity contribution in [3.05, 3.63) is 70.1 Å². The van der Waals surface area contributed by atoms with Crippen molar-refractivity contribution >= 4 is 62.6 Å². The average Bonchev–Trinajstić information content (AvgIpc) is 3.16. The number of amides is 4. The summed E-state index contributed by atoms with van der Waals surface area (Å²) < 4.78 is 1.05. The van der Waals surface area contributed by atoms with Crippen LogP contribution in [0, 0.1) is 0 Å². The van der Waals surface area contributed by atoms with Crippen LogP contribution in [0.1, 0.15) is 17.4 Å². The third-order valence-electron chi connectivity index (χ3n) is 4.70. The van der Waals surface area contributed by atoms with Crippen LogP contribution >= 0.6 is 22.9 Å². The molecule has 8 heteroatoms. The number of benzene rings is 2. The van der Waals surface area contributed by atoms with Crippen LogP contribution in [0.25, 0.3) is 16.2 Å². The van der Waals surface area contributed by atoms with E-state index in [4.69, 9.17) is 11.6 Å². The van der Waals surface area contributed by atoms with Crippen molar-refractivity contribution < 1.29 is 14.4 Å². The fourth-order valence-electron chi connectivity index (χ4n) is 3.13. The monoisotopic (exact) mass is 425 g/mol. The maximum atomic E-state index is 12.4. The number of hydrogen-bond donors (Lipinski definition) is 3. The van der Waals surface area contributed by atoms with Crippen LogP contribution in [-0.2, 0) is 15.1 Å². The molecule has 146 valence electrons. The largest absolute Gasteiger partial charge is 0.323 e. The molecule has 0 saturated carbocycles. The quantitative estimate of drug-likeness (QED) is 0.431. The molecule has 1 aliphatic rings. The Morgan fingerprint density at radius 1 is 1.17 bits per heavy atom. The summed E-state index contributed by atoms with van der Waals surface area (Å²) in [6, 6.07) is 14.0. The molecule has 4 amide bonds. The predicted octanol–water partition coefficient (Wildman–Crippen LogP) is 4.26. The molecule has 1 unspecified atom stereocenters. The Bertz CT molecular complexity index is 1190. The zero-order valence-electron chi connectivity index (χ0n) is 15.3. The molecule has 0 spiro atoms. The molecular weight excluding hydrogens is 410 g/mol. The first-order valence-electron chi connectivity index (χ1n) is 8.77. The number of imide groups is 1. The summed E-state index contributed by atoms with van der Waals surface area (Å²) in [4.78, 5) is 36.7. The predicted molar refractivity (Wildman–Crippen MR) is 115 cm³/mol. The van der Waals surface area contributed by atoms with Crippen molar-refractivity contribution in [1.29, 1.82) is 0 Å². The highest BCUT2D eigenvalue weighted by atomic mass is 35.5. The van der Waals surface area contributed by atoms with E-state index in [0.717, 1.165) is 15.0 Å². The lowest BCUT2D eigenvalue weighted by molar-refractivity contribution is -0.123. The highest BCUT2D eigenvalue weighted by Gasteiger charge is 2.43. The van der Waals surface area contributed by atoms with Gasteiger partial charge in [-0.1, -0.05) is 41.9 Å². The first-order valence-corrected chi connectivity index (χ1v) is 9.96. The number of fused-ring (bicyclic) bond motifs is 1. The Labute approximate surface area is 175 Å². The summed E-state index contributed by atoms with van der Waals surface area (Å²) in [6.45, 7) is 1.61. The number of halogens is 1. The number of urea groups is 1. The minimum Gasteiger partial charge on any atom is -0.323 e. The maximum absolute atomic E-state index is 12.4. The highest BCUT2D eigenvalue weighted by molar-refractivity contribution is 7.20. The Balaban J connectivity index is 1.51. The van der Waals surface area contributed by atoms with E-state index in [-0.39, 0.29) is 5.91 Å². The molecule has 2 aromatic carbocycles. The van der Waals surface area contributed by atoms with E-state index < -0.39 is 17.5 Å². The van der Waals surface area contributed by atoms with Crippen LogP contribution in [0.3, 0.4) is 0 Å². The molecule has 0 aliphatic carbocycles. The second-order valence-corrected chi connectivity index (χ2v) is 8.17. The molecule has 1 fully saturated rings. The average molecular weight is 426 g/mol. The fraction of sp³-hybridized carbons (Fsp3) is 0.0952. The summed E-state index contributed by atoms with van der Waals surface area (Å²) in [5.41, 5.74) is -0.108. The Morgan fingerprint density at radius 2 is 1.97 bits per heavy atom. The lowest BCUT2D eigenvalue weighted by atomic mass is 9.92. The minimum atomic E-state index is -1.18. The molecule has 1 aromatic heterocycles. The SMILES string of the molecule is CC1(c2cccc(NC(=O)C=Cc3sc4ccccc4c3Cl)c2)NC(=O)NC1=O. The van der Waals surface area contributed by atoms with Gasteiger partial charge in [0.15, 0.2) is 0 Å². The van der Waals surface area contributed by atoms with E-state index in [1.54, 1.807) is 37.3 Å². The summed E-state index contributed by atoms with van der Waals surface area (Å²) >= 11 is 7.90. The number of carbonyl (C=O) groups is 3. The van der Waals surface area contributed by atoms with Crippen molar-refractivity contribution in [2.45, 2.75) is 12.5 Å². The third-order valence-corrected chi connectivity index (χ3v) is 6.35. The van der Waals surface area contributed by atoms with Crippen LogP contribution < -0.4 is 16.0 Å². The van der Waals surface area contributed by atoms with Gasteiger partial charge < -0.3 is 10.6 Å². The summed E-state index contributed by atoms with van der Waals surface area (Å²) in [6.07, 6.45) is 3.09. The van der Waals surface area contributed by atoms with Crippen molar-refractivity contribution in [3.8, 4) is 0 Å². The van der Waals surface area contributed by atoms with Crippen molar-refractivity contribution in [2.75, 3.05) is 5.32 Å². The van der Waals surface area contributed by atoms with E-state index in [2.05, 4.69) is 16.0 Å². The topological polar surface area (TPSA) is 87.3 Å². The van der Waals surface area contributed by atoms with Gasteiger partial charge in [-0.2, -0.15) is 0 Å². The third kappa shape index (κ3) is 3.62. The van der Waals surface area contributed by atoms with Gasteiger partial charge in [-0.25, -0.2) is 4.79 Å². The Morgan fingerprint density at radius 3 is 2.69 bits per heavy atom. The first-order chi connectivity index (χ1) is 13.9. The molecule has 6 nitrogen and oxygen atoms in total. The van der Waals surface area contributed by atoms with E-state index in [0.29, 0.717) is 16.3 Å². The van der Waals surface area contributed by atoms with E-state index in [9.17, 15) is 14.4 Å². The summed E-state index contributed by atoms with van der Waals surface area (Å²) in [5.74, 6) is -0.772. The van der Waals surface area contributed by atoms with Gasteiger partial charge in [-0.15, -0.1) is 11.3 Å². The van der Waals surface area contributed by atoms with Gasteiger partial charge in [-0.3, -0.25) is 14.9 Å². The molecule has 4 rings (SSSR count). The molecule has 3 aromatic rings. The molecule has 1 aliphatic heterocycles. The second-order valence-electron chi connectivity index (χ2n) is 6.71. The molecule has 0 bridgehead atoms. The van der Waals surface area contributed by atoms with Gasteiger partial charge >= 0.3 is 6.03 Å². The van der Waals surface area contributed by atoms with Crippen LogP contribution in [0.2, 0.25) is 5.02 Å². The van der Waals surface area contributed by atoms with Crippen LogP contribution in [0.4, 0.5) is 10.5 Å². The Hall–Kier alpha value is -3.16. The van der Waals surface area contributed by atoms with Gasteiger partial charge in [-0.05, 0) is 36.8 Å². The Kier molecular flexibility index (Phi) is 4.86. The number of nitrogens with one attached hydrogen (secondary N) is 3. The molecule has 0 radical (unpaired) electrons. The summed E-state index contributed by atoms with van der Waals surface area (Å²) in [5, 5.41) is 9.16. The molecule has 29 heavy (non-hydrogen) atoms. The van der Waals surface area contributed by atoms with Crippen LogP contribution in [-0.4, -0.2) is 17.8 Å². The van der Waals surface area contributed by atoms with Gasteiger partial charge in [0.05, 0.1) is 5.02 Å². The fourth-order valence-corrected chi connectivity index (χ4v) is 4.53. The molecule has 3 N–H and O–H groups in total. The maximum Gasteiger partial charge on any atom is 0.322 e. The number of rotatable bonds is 4. The number of thiophene rings is 1. The molecule has 2 heterocycles. The lowest BCUT2D eigenvalue weighted by Crippen LogP contribution is -2.40. The van der Waals surface area contributed by atoms with E-state index in [1.807, 2.05) is 24.3 Å². The van der Waals surface area contributed by atoms with Crippen molar-refractivity contribution in [2.24, 2.45) is 0 Å². The van der Waals surface area contributed by atoms with Gasteiger partial charge in [0.25, 0.3) is 5.91 Å². The molecule has 1 atom stereocenters. The van der Waals surface area contributed by atoms with Crippen LogP contribution in [0.15, 0.2) is 54.6 Å². The number of carbonyl (C=O) groups excluding carboxylic acids is 3. The smallest absolute Gasteiger partial charge is 0.322 e. The zero-order chi connectivity index (χ0) is 20.6. The number of anilines is 1. The number of hydrogen-bond acceptors (Lipinski definition) is 4. The van der Waals surface area contributed by atoms with E-state index in [1.165, 1.54) is 17.4 Å². The van der Waals surface area contributed by atoms with Gasteiger partial charge in [0, 0.05) is 26.7 Å². The second kappa shape index (κ2) is 7.35. The van der Waals surface area contributed by atoms with Gasteiger partial charge in [0.1, 0.15) is 5.54 Å². The van der Waals surface area contributed by atoms with Crippen molar-refractivity contribution in [3.63, 3.8) is 0 Å². The minimum absolute atomic E-state index is 0.333. The molecular formula is C21H16ClN3O3S. The molecule has 1 saturated heterocycles. The normalized spacial score (nSPS) is 18.8. The first kappa shape index (κ1) is 19.2. The van der Waals surface area contributed by atoms with Crippen molar-refractivity contribution in [1.82, 2.24) is 10.6 Å². The van der Waals surface area contributed by atoms with Crippen LogP contribution in [0.5, 0.6) is 0 Å². The van der Waals surface area contributed by atoms with E-state index >= 15 is 0 Å². The standard InChI is InChI=1S/C21H16ClN3O3S/c1-21(19(27)24-20(28)25-21)12-5-4-6-13(11-12)23-17(26)10-9-16-18(22)14-7-2-3-8-15(14)29-16/h2-11H,1H3,(H,23,26)(H2,24,25,27,28). The lowest BCUT2D eigenvalue weighted by Gasteiger charge is -2.21.